The molecule has 4 heterocycles. The van der Waals surface area contributed by atoms with Gasteiger partial charge in [0.2, 0.25) is 17.7 Å². The van der Waals surface area contributed by atoms with Gasteiger partial charge in [-0.15, -0.1) is 0 Å². The second kappa shape index (κ2) is 11.8. The van der Waals surface area contributed by atoms with E-state index in [1.165, 1.54) is 11.8 Å². The molecule has 3 aliphatic heterocycles. The van der Waals surface area contributed by atoms with Crippen LogP contribution in [0.1, 0.15) is 50.3 Å². The van der Waals surface area contributed by atoms with Crippen LogP contribution in [-0.4, -0.2) is 89.6 Å². The number of carbonyl (C=O) groups excluding carboxylic acids is 5. The molecule has 2 saturated heterocycles. The van der Waals surface area contributed by atoms with Gasteiger partial charge in [0.25, 0.3) is 11.8 Å². The molecule has 4 aliphatic rings. The topological polar surface area (TPSA) is 158 Å². The number of aromatic nitrogens is 1. The van der Waals surface area contributed by atoms with Gasteiger partial charge in [0.15, 0.2) is 0 Å². The van der Waals surface area contributed by atoms with E-state index in [1.807, 2.05) is 6.07 Å². The molecule has 0 saturated carbocycles. The first-order valence-corrected chi connectivity index (χ1v) is 14.5. The van der Waals surface area contributed by atoms with E-state index in [1.54, 1.807) is 24.3 Å². The fourth-order valence-corrected chi connectivity index (χ4v) is 5.99. The van der Waals surface area contributed by atoms with Crippen molar-refractivity contribution in [3.05, 3.63) is 77.0 Å². The molecule has 12 heteroatoms. The smallest absolute Gasteiger partial charge is 0.264 e. The standard InChI is InChI=1S/C31H33N7O5/c32-28(40)21-8-10-25(34-17-21)37-14-12-36(13-15-37)18-20-6-4-19(5-7-20)16-33-23-3-1-2-22-27(23)31(43)38(30(22)42)24-9-11-26(39)35-29(24)41/h1-4,6-8,10,17,19,24,33H,5,9,11-16,18H2,(H2,32,40)(H,35,39,41)/t19?,24-/m1/s1. The number of imide groups is 2. The number of allylic oxidation sites excluding steroid dienone is 1. The average molecular weight is 584 g/mol. The van der Waals surface area contributed by atoms with E-state index >= 15 is 0 Å². The normalized spacial score (nSPS) is 22.4. The van der Waals surface area contributed by atoms with Gasteiger partial charge < -0.3 is 16.0 Å². The highest BCUT2D eigenvalue weighted by Gasteiger charge is 2.45. The monoisotopic (exact) mass is 583 g/mol. The Kier molecular flexibility index (Phi) is 7.76. The van der Waals surface area contributed by atoms with Crippen LogP contribution in [0.2, 0.25) is 0 Å². The summed E-state index contributed by atoms with van der Waals surface area (Å²) < 4.78 is 0. The highest BCUT2D eigenvalue weighted by atomic mass is 16.2. The molecule has 1 aromatic heterocycles. The molecular weight excluding hydrogens is 550 g/mol. The maximum absolute atomic E-state index is 13.3. The Labute approximate surface area is 248 Å². The van der Waals surface area contributed by atoms with Crippen molar-refractivity contribution in [3.63, 3.8) is 0 Å². The number of fused-ring (bicyclic) bond motifs is 1. The summed E-state index contributed by atoms with van der Waals surface area (Å²) >= 11 is 0. The van der Waals surface area contributed by atoms with Crippen LogP contribution in [0.25, 0.3) is 0 Å². The summed E-state index contributed by atoms with van der Waals surface area (Å²) in [5.74, 6) is -1.47. The van der Waals surface area contributed by atoms with E-state index < -0.39 is 35.6 Å². The quantitative estimate of drug-likeness (QED) is 0.390. The highest BCUT2D eigenvalue weighted by molar-refractivity contribution is 6.25. The Hall–Kier alpha value is -4.84. The van der Waals surface area contributed by atoms with Crippen molar-refractivity contribution >= 4 is 41.0 Å². The molecule has 43 heavy (non-hydrogen) atoms. The van der Waals surface area contributed by atoms with Crippen LogP contribution in [0, 0.1) is 5.92 Å². The molecule has 6 rings (SSSR count). The van der Waals surface area contributed by atoms with Gasteiger partial charge in [0, 0.05) is 57.6 Å². The van der Waals surface area contributed by atoms with E-state index in [0.29, 0.717) is 17.8 Å². The zero-order chi connectivity index (χ0) is 30.1. The predicted molar refractivity (Wildman–Crippen MR) is 158 cm³/mol. The van der Waals surface area contributed by atoms with E-state index in [4.69, 9.17) is 5.73 Å². The highest BCUT2D eigenvalue weighted by Crippen LogP contribution is 2.33. The van der Waals surface area contributed by atoms with Crippen molar-refractivity contribution in [1.29, 1.82) is 0 Å². The summed E-state index contributed by atoms with van der Waals surface area (Å²) in [5.41, 5.74) is 8.06. The number of benzene rings is 1. The number of amides is 5. The molecular formula is C31H33N7O5. The number of piperidine rings is 1. The Balaban J connectivity index is 1.00. The molecule has 0 spiro atoms. The number of rotatable bonds is 8. The van der Waals surface area contributed by atoms with Crippen LogP contribution in [0.15, 0.2) is 60.3 Å². The Morgan fingerprint density at radius 3 is 2.53 bits per heavy atom. The molecule has 12 nitrogen and oxygen atoms in total. The number of primary amides is 1. The number of nitrogens with zero attached hydrogens (tertiary/aromatic N) is 4. The third kappa shape index (κ3) is 5.78. The third-order valence-electron chi connectivity index (χ3n) is 8.42. The first-order chi connectivity index (χ1) is 20.8. The van der Waals surface area contributed by atoms with E-state index in [9.17, 15) is 24.0 Å². The lowest BCUT2D eigenvalue weighted by atomic mass is 9.96. The average Bonchev–Trinajstić information content (AvgIpc) is 3.27. The SMILES string of the molecule is NC(=O)c1ccc(N2CCN(CC3=CCC(CNc4cccc5c4C(=O)N([C@@H]4CCC(=O)NC4=O)C5=O)C=C3)CC2)nc1. The van der Waals surface area contributed by atoms with Crippen molar-refractivity contribution < 1.29 is 24.0 Å². The van der Waals surface area contributed by atoms with Gasteiger partial charge in [-0.05, 0) is 48.6 Å². The van der Waals surface area contributed by atoms with E-state index in [0.717, 1.165) is 49.9 Å². The van der Waals surface area contributed by atoms with Crippen molar-refractivity contribution in [2.45, 2.75) is 25.3 Å². The lowest BCUT2D eigenvalue weighted by molar-refractivity contribution is -0.136. The van der Waals surface area contributed by atoms with Gasteiger partial charge in [0.1, 0.15) is 11.9 Å². The maximum Gasteiger partial charge on any atom is 0.264 e. The number of piperazine rings is 1. The summed E-state index contributed by atoms with van der Waals surface area (Å²) in [7, 11) is 0. The van der Waals surface area contributed by atoms with Crippen molar-refractivity contribution in [2.75, 3.05) is 49.5 Å². The first kappa shape index (κ1) is 28.3. The molecule has 5 amide bonds. The van der Waals surface area contributed by atoms with Crippen molar-refractivity contribution in [2.24, 2.45) is 11.7 Å². The number of hydrogen-bond acceptors (Lipinski definition) is 9. The minimum Gasteiger partial charge on any atom is -0.384 e. The zero-order valence-electron chi connectivity index (χ0n) is 23.6. The Morgan fingerprint density at radius 1 is 1.05 bits per heavy atom. The minimum atomic E-state index is -0.989. The second-order valence-electron chi connectivity index (χ2n) is 11.2. The Morgan fingerprint density at radius 2 is 1.86 bits per heavy atom. The third-order valence-corrected chi connectivity index (χ3v) is 8.42. The fourth-order valence-electron chi connectivity index (χ4n) is 5.99. The number of carbonyl (C=O) groups is 5. The summed E-state index contributed by atoms with van der Waals surface area (Å²) in [6.45, 7) is 4.93. The van der Waals surface area contributed by atoms with Gasteiger partial charge in [0.05, 0.1) is 16.7 Å². The van der Waals surface area contributed by atoms with Gasteiger partial charge in [-0.3, -0.25) is 39.1 Å². The molecule has 2 atom stereocenters. The van der Waals surface area contributed by atoms with E-state index in [-0.39, 0.29) is 29.9 Å². The number of nitrogens with one attached hydrogen (secondary N) is 2. The molecule has 1 aliphatic carbocycles. The molecule has 222 valence electrons. The van der Waals surface area contributed by atoms with Gasteiger partial charge >= 0.3 is 0 Å². The van der Waals surface area contributed by atoms with Crippen LogP contribution >= 0.6 is 0 Å². The first-order valence-electron chi connectivity index (χ1n) is 14.5. The lowest BCUT2D eigenvalue weighted by Gasteiger charge is -2.36. The molecule has 0 radical (unpaired) electrons. The fraction of sp³-hybridized carbons (Fsp3) is 0.355. The predicted octanol–water partition coefficient (Wildman–Crippen LogP) is 1.32. The summed E-state index contributed by atoms with van der Waals surface area (Å²) in [4.78, 5) is 71.6. The number of anilines is 2. The summed E-state index contributed by atoms with van der Waals surface area (Å²) in [6.07, 6.45) is 9.15. The molecule has 1 unspecified atom stereocenters. The minimum absolute atomic E-state index is 0.0835. The zero-order valence-corrected chi connectivity index (χ0v) is 23.6. The number of nitrogens with two attached hydrogens (primary N) is 1. The number of hydrogen-bond donors (Lipinski definition) is 3. The number of pyridine rings is 1. The van der Waals surface area contributed by atoms with Crippen LogP contribution < -0.4 is 21.3 Å². The van der Waals surface area contributed by atoms with Gasteiger partial charge in [-0.1, -0.05) is 24.3 Å². The van der Waals surface area contributed by atoms with Crippen molar-refractivity contribution in [3.8, 4) is 0 Å². The van der Waals surface area contributed by atoms with Crippen LogP contribution in [0.4, 0.5) is 11.5 Å². The molecule has 2 aromatic rings. The van der Waals surface area contributed by atoms with Crippen molar-refractivity contribution in [1.82, 2.24) is 20.1 Å². The van der Waals surface area contributed by atoms with Gasteiger partial charge in [-0.25, -0.2) is 4.98 Å². The van der Waals surface area contributed by atoms with Crippen LogP contribution in [0.5, 0.6) is 0 Å². The molecule has 0 bridgehead atoms. The largest absolute Gasteiger partial charge is 0.384 e. The van der Waals surface area contributed by atoms with Gasteiger partial charge in [-0.2, -0.15) is 0 Å². The second-order valence-corrected chi connectivity index (χ2v) is 11.2. The summed E-state index contributed by atoms with van der Waals surface area (Å²) in [6, 6.07) is 7.64. The Bertz CT molecular complexity index is 1540. The molecule has 1 aromatic carbocycles. The molecule has 4 N–H and O–H groups in total. The lowest BCUT2D eigenvalue weighted by Crippen LogP contribution is -2.54. The maximum atomic E-state index is 13.3. The summed E-state index contributed by atoms with van der Waals surface area (Å²) in [5, 5.41) is 5.58. The van der Waals surface area contributed by atoms with Crippen LogP contribution in [0.3, 0.4) is 0 Å². The van der Waals surface area contributed by atoms with E-state index in [2.05, 4.69) is 43.6 Å². The van der Waals surface area contributed by atoms with Crippen LogP contribution in [-0.2, 0) is 9.59 Å². The molecule has 2 fully saturated rings.